The van der Waals surface area contributed by atoms with Gasteiger partial charge in [0.1, 0.15) is 0 Å². The molecule has 0 aromatic carbocycles. The summed E-state index contributed by atoms with van der Waals surface area (Å²) in [7, 11) is -0.112. The van der Waals surface area contributed by atoms with E-state index in [-0.39, 0.29) is 23.9 Å². The molecule has 3 atom stereocenters. The molecule has 0 amide bonds. The number of hydrogen-bond donors (Lipinski definition) is 0. The second-order valence-electron chi connectivity index (χ2n) is 9.42. The molecule has 5 heteroatoms. The molecular weight excluding hydrogens is 287 g/mol. The molecule has 1 saturated heterocycles. The lowest BCUT2D eigenvalue weighted by molar-refractivity contribution is 0.00578. The lowest BCUT2D eigenvalue weighted by atomic mass is 9.49. The van der Waals surface area contributed by atoms with Crippen LogP contribution in [0.25, 0.3) is 0 Å². The first-order valence-corrected chi connectivity index (χ1v) is 8.83. The minimum absolute atomic E-state index is 0.0189. The highest BCUT2D eigenvalue weighted by Crippen LogP contribution is 2.56. The second-order valence-corrected chi connectivity index (χ2v) is 9.42. The summed E-state index contributed by atoms with van der Waals surface area (Å²) in [5.74, 6) is 1.54. The van der Waals surface area contributed by atoms with Gasteiger partial charge < -0.3 is 9.31 Å². The third-order valence-corrected chi connectivity index (χ3v) is 6.01. The molecule has 0 radical (unpaired) electrons. The highest BCUT2D eigenvalue weighted by molar-refractivity contribution is 6.48. The topological polar surface area (TPSA) is 36.3 Å². The first kappa shape index (κ1) is 17.0. The minimum Gasteiger partial charge on any atom is -0.403 e. The number of nitrogens with zero attached hydrogens (tertiary/aromatic N) is 2. The van der Waals surface area contributed by atoms with Gasteiger partial charge in [-0.3, -0.25) is 4.68 Å². The van der Waals surface area contributed by atoms with Crippen LogP contribution in [-0.4, -0.2) is 28.1 Å². The molecule has 1 saturated carbocycles. The predicted molar refractivity (Wildman–Crippen MR) is 93.6 cm³/mol. The van der Waals surface area contributed by atoms with E-state index < -0.39 is 0 Å². The molecular formula is C18H31BN2O2. The van der Waals surface area contributed by atoms with E-state index in [2.05, 4.69) is 71.4 Å². The van der Waals surface area contributed by atoms with Crippen LogP contribution in [-0.2, 0) is 14.8 Å². The maximum absolute atomic E-state index is 6.29. The van der Waals surface area contributed by atoms with Gasteiger partial charge in [0.05, 0.1) is 22.9 Å². The van der Waals surface area contributed by atoms with Crippen molar-refractivity contribution in [3.8, 4) is 0 Å². The maximum Gasteiger partial charge on any atom is 0.461 e. The molecule has 3 unspecified atom stereocenters. The Balaban J connectivity index is 1.80. The van der Waals surface area contributed by atoms with Crippen LogP contribution in [0.2, 0.25) is 5.82 Å². The Morgan fingerprint density at radius 2 is 1.74 bits per heavy atom. The molecule has 1 aliphatic carbocycles. The van der Waals surface area contributed by atoms with Gasteiger partial charge in [-0.2, -0.15) is 5.10 Å². The van der Waals surface area contributed by atoms with E-state index in [4.69, 9.17) is 9.31 Å². The molecule has 1 aliphatic heterocycles. The molecule has 4 nitrogen and oxygen atoms in total. The Bertz CT molecular complexity index is 572. The predicted octanol–water partition coefficient (Wildman–Crippen LogP) is 4.22. The molecule has 1 aromatic heterocycles. The van der Waals surface area contributed by atoms with Crippen LogP contribution in [0.5, 0.6) is 0 Å². The van der Waals surface area contributed by atoms with E-state index in [0.717, 1.165) is 6.42 Å². The fourth-order valence-electron chi connectivity index (χ4n) is 3.74. The molecule has 23 heavy (non-hydrogen) atoms. The fraction of sp³-hybridized carbons (Fsp3) is 0.833. The Hall–Kier alpha value is -0.805. The van der Waals surface area contributed by atoms with Crippen LogP contribution in [0.3, 0.4) is 0 Å². The van der Waals surface area contributed by atoms with Crippen molar-refractivity contribution in [2.24, 2.45) is 5.92 Å². The van der Waals surface area contributed by atoms with E-state index >= 15 is 0 Å². The summed E-state index contributed by atoms with van der Waals surface area (Å²) in [4.78, 5) is 0. The van der Waals surface area contributed by atoms with Gasteiger partial charge in [-0.25, -0.2) is 0 Å². The van der Waals surface area contributed by atoms with Crippen molar-refractivity contribution in [2.75, 3.05) is 0 Å². The van der Waals surface area contributed by atoms with Crippen LogP contribution < -0.4 is 0 Å². The highest BCUT2D eigenvalue weighted by Gasteiger charge is 2.58. The zero-order chi connectivity index (χ0) is 17.2. The number of rotatable bonds is 2. The first-order chi connectivity index (χ1) is 10.4. The molecule has 1 aromatic rings. The Labute approximate surface area is 141 Å². The SMILES string of the molecule is CC1CC(B2OC(C)(C)C(C)(C)O2)C1c1cnn(C(C)(C)C)c1. The minimum atomic E-state index is -0.253. The average Bonchev–Trinajstić information content (AvgIpc) is 2.89. The summed E-state index contributed by atoms with van der Waals surface area (Å²) in [6.45, 7) is 17.4. The summed E-state index contributed by atoms with van der Waals surface area (Å²) in [6.07, 6.45) is 5.39. The van der Waals surface area contributed by atoms with Crippen LogP contribution in [0.4, 0.5) is 0 Å². The molecule has 0 N–H and O–H groups in total. The zero-order valence-corrected chi connectivity index (χ0v) is 15.9. The standard InChI is InChI=1S/C18H31BN2O2/c1-12-9-14(19-22-17(5,6)18(7,8)23-19)15(12)13-10-20-21(11-13)16(2,3)4/h10-12,14-15H,9H2,1-8H3. The van der Waals surface area contributed by atoms with E-state index in [1.165, 1.54) is 5.56 Å². The molecule has 2 heterocycles. The smallest absolute Gasteiger partial charge is 0.403 e. The first-order valence-electron chi connectivity index (χ1n) is 8.83. The third-order valence-electron chi connectivity index (χ3n) is 6.01. The van der Waals surface area contributed by atoms with Gasteiger partial charge >= 0.3 is 7.12 Å². The van der Waals surface area contributed by atoms with Gasteiger partial charge in [-0.1, -0.05) is 6.92 Å². The van der Waals surface area contributed by atoms with Crippen molar-refractivity contribution >= 4 is 7.12 Å². The van der Waals surface area contributed by atoms with Gasteiger partial charge in [0, 0.05) is 12.0 Å². The quantitative estimate of drug-likeness (QED) is 0.766. The van der Waals surface area contributed by atoms with Gasteiger partial charge in [0.25, 0.3) is 0 Å². The lowest BCUT2D eigenvalue weighted by Crippen LogP contribution is -2.41. The van der Waals surface area contributed by atoms with Crippen molar-refractivity contribution in [2.45, 2.75) is 90.3 Å². The van der Waals surface area contributed by atoms with Crippen molar-refractivity contribution in [3.63, 3.8) is 0 Å². The molecule has 2 fully saturated rings. The highest BCUT2D eigenvalue weighted by atomic mass is 16.7. The second kappa shape index (κ2) is 5.09. The van der Waals surface area contributed by atoms with E-state index in [9.17, 15) is 0 Å². The summed E-state index contributed by atoms with van der Waals surface area (Å²) in [5, 5.41) is 4.58. The van der Waals surface area contributed by atoms with Gasteiger partial charge in [0.15, 0.2) is 0 Å². The summed E-state index contributed by atoms with van der Waals surface area (Å²) in [5.41, 5.74) is 0.830. The van der Waals surface area contributed by atoms with Crippen LogP contribution in [0.15, 0.2) is 12.4 Å². The Morgan fingerprint density at radius 3 is 2.17 bits per heavy atom. The van der Waals surface area contributed by atoms with Crippen LogP contribution in [0, 0.1) is 5.92 Å². The van der Waals surface area contributed by atoms with E-state index in [0.29, 0.717) is 17.7 Å². The third kappa shape index (κ3) is 2.76. The van der Waals surface area contributed by atoms with Gasteiger partial charge in [-0.15, -0.1) is 0 Å². The van der Waals surface area contributed by atoms with Gasteiger partial charge in [-0.05, 0) is 72.3 Å². The van der Waals surface area contributed by atoms with Gasteiger partial charge in [0.2, 0.25) is 0 Å². The van der Waals surface area contributed by atoms with Crippen molar-refractivity contribution in [1.29, 1.82) is 0 Å². The molecule has 0 spiro atoms. The molecule has 0 bridgehead atoms. The van der Waals surface area contributed by atoms with Crippen molar-refractivity contribution in [3.05, 3.63) is 18.0 Å². The molecule has 2 aliphatic rings. The van der Waals surface area contributed by atoms with E-state index in [1.807, 2.05) is 6.20 Å². The Morgan fingerprint density at radius 1 is 1.17 bits per heavy atom. The summed E-state index contributed by atoms with van der Waals surface area (Å²) in [6, 6.07) is 0. The number of aromatic nitrogens is 2. The van der Waals surface area contributed by atoms with Crippen LogP contribution >= 0.6 is 0 Å². The Kier molecular flexibility index (Phi) is 3.77. The number of hydrogen-bond acceptors (Lipinski definition) is 3. The molecule has 128 valence electrons. The largest absolute Gasteiger partial charge is 0.461 e. The average molecular weight is 318 g/mol. The fourth-order valence-corrected chi connectivity index (χ4v) is 3.74. The lowest BCUT2D eigenvalue weighted by Gasteiger charge is -2.43. The van der Waals surface area contributed by atoms with Crippen LogP contribution in [0.1, 0.15) is 73.3 Å². The monoisotopic (exact) mass is 318 g/mol. The normalized spacial score (nSPS) is 32.9. The van der Waals surface area contributed by atoms with Crippen molar-refractivity contribution < 1.29 is 9.31 Å². The summed E-state index contributed by atoms with van der Waals surface area (Å²) < 4.78 is 14.6. The van der Waals surface area contributed by atoms with Crippen molar-refractivity contribution in [1.82, 2.24) is 9.78 Å². The van der Waals surface area contributed by atoms with E-state index in [1.54, 1.807) is 0 Å². The summed E-state index contributed by atoms with van der Waals surface area (Å²) >= 11 is 0. The maximum atomic E-state index is 6.29. The zero-order valence-electron chi connectivity index (χ0n) is 15.9. The molecule has 3 rings (SSSR count).